The Hall–Kier alpha value is -1.60. The van der Waals surface area contributed by atoms with Crippen LogP contribution in [0.5, 0.6) is 0 Å². The van der Waals surface area contributed by atoms with Gasteiger partial charge in [-0.1, -0.05) is 5.16 Å². The summed E-state index contributed by atoms with van der Waals surface area (Å²) in [5, 5.41) is 6.60. The number of piperidine rings is 1. The predicted molar refractivity (Wildman–Crippen MR) is 83.9 cm³/mol. The van der Waals surface area contributed by atoms with Gasteiger partial charge < -0.3 is 20.5 Å². The van der Waals surface area contributed by atoms with Crippen LogP contribution < -0.4 is 11.1 Å². The van der Waals surface area contributed by atoms with Gasteiger partial charge in [-0.15, -0.1) is 12.4 Å². The minimum absolute atomic E-state index is 0. The van der Waals surface area contributed by atoms with Gasteiger partial charge in [0.25, 0.3) is 5.91 Å². The summed E-state index contributed by atoms with van der Waals surface area (Å²) in [4.78, 5) is 26.3. The smallest absolute Gasteiger partial charge is 0.259 e. The second-order valence-electron chi connectivity index (χ2n) is 5.37. The van der Waals surface area contributed by atoms with E-state index in [9.17, 15) is 9.59 Å². The molecule has 1 aromatic heterocycles. The van der Waals surface area contributed by atoms with Gasteiger partial charge in [-0.2, -0.15) is 0 Å². The summed E-state index contributed by atoms with van der Waals surface area (Å²) in [6, 6.07) is 0. The first-order valence-corrected chi connectivity index (χ1v) is 7.24. The molecule has 1 fully saturated rings. The quantitative estimate of drug-likeness (QED) is 0.843. The summed E-state index contributed by atoms with van der Waals surface area (Å²) >= 11 is 0. The number of carbonyl (C=O) groups excluding carboxylic acids is 2. The van der Waals surface area contributed by atoms with Crippen molar-refractivity contribution in [3.63, 3.8) is 0 Å². The summed E-state index contributed by atoms with van der Waals surface area (Å²) in [6.07, 6.45) is 1.61. The number of aromatic nitrogens is 1. The highest BCUT2D eigenvalue weighted by Crippen LogP contribution is 2.21. The van der Waals surface area contributed by atoms with Crippen LogP contribution in [0.4, 0.5) is 0 Å². The molecule has 1 saturated heterocycles. The maximum Gasteiger partial charge on any atom is 0.259 e. The number of halogens is 1. The van der Waals surface area contributed by atoms with Crippen LogP contribution >= 0.6 is 12.4 Å². The van der Waals surface area contributed by atoms with E-state index in [1.54, 1.807) is 18.7 Å². The minimum Gasteiger partial charge on any atom is -0.361 e. The minimum atomic E-state index is -0.172. The van der Waals surface area contributed by atoms with Crippen LogP contribution in [0.1, 0.15) is 34.7 Å². The van der Waals surface area contributed by atoms with E-state index in [-0.39, 0.29) is 30.1 Å². The number of hydrogen-bond donors (Lipinski definition) is 2. The van der Waals surface area contributed by atoms with Gasteiger partial charge >= 0.3 is 0 Å². The van der Waals surface area contributed by atoms with Gasteiger partial charge in [0.15, 0.2) is 0 Å². The van der Waals surface area contributed by atoms with Gasteiger partial charge in [0, 0.05) is 26.2 Å². The average molecular weight is 331 g/mol. The Bertz CT molecular complexity index is 513. The van der Waals surface area contributed by atoms with Gasteiger partial charge in [0.2, 0.25) is 5.91 Å². The number of hydrogen-bond acceptors (Lipinski definition) is 5. The lowest BCUT2D eigenvalue weighted by Crippen LogP contribution is -2.46. The third-order valence-corrected chi connectivity index (χ3v) is 3.77. The largest absolute Gasteiger partial charge is 0.361 e. The SMILES string of the molecule is Cc1noc(C)c1C(=O)N1CCCC(C(=O)NCCN)C1.Cl. The molecule has 0 radical (unpaired) electrons. The van der Waals surface area contributed by atoms with E-state index >= 15 is 0 Å². The first-order valence-electron chi connectivity index (χ1n) is 7.24. The predicted octanol–water partition coefficient (Wildman–Crippen LogP) is 0.640. The van der Waals surface area contributed by atoms with Crippen molar-refractivity contribution in [1.82, 2.24) is 15.4 Å². The third kappa shape index (κ3) is 3.98. The lowest BCUT2D eigenvalue weighted by molar-refractivity contribution is -0.126. The molecule has 0 bridgehead atoms. The Kier molecular flexibility index (Phi) is 6.83. The fraction of sp³-hybridized carbons (Fsp3) is 0.643. The first kappa shape index (κ1) is 18.4. The molecule has 2 amide bonds. The van der Waals surface area contributed by atoms with Crippen molar-refractivity contribution in [2.75, 3.05) is 26.2 Å². The average Bonchev–Trinajstić information content (AvgIpc) is 2.83. The molecule has 124 valence electrons. The van der Waals surface area contributed by atoms with E-state index < -0.39 is 0 Å². The van der Waals surface area contributed by atoms with Crippen molar-refractivity contribution < 1.29 is 14.1 Å². The summed E-state index contributed by atoms with van der Waals surface area (Å²) in [5.41, 5.74) is 6.48. The maximum absolute atomic E-state index is 12.6. The zero-order chi connectivity index (χ0) is 15.4. The van der Waals surface area contributed by atoms with Gasteiger partial charge in [0.05, 0.1) is 11.6 Å². The lowest BCUT2D eigenvalue weighted by Gasteiger charge is -2.32. The van der Waals surface area contributed by atoms with Crippen LogP contribution in [0.25, 0.3) is 0 Å². The molecule has 0 aliphatic carbocycles. The second-order valence-corrected chi connectivity index (χ2v) is 5.37. The number of aryl methyl sites for hydroxylation is 2. The molecule has 1 aliphatic rings. The van der Waals surface area contributed by atoms with Gasteiger partial charge in [-0.05, 0) is 26.7 Å². The number of nitrogens with zero attached hydrogens (tertiary/aromatic N) is 2. The second kappa shape index (κ2) is 8.14. The molecule has 1 atom stereocenters. The molecule has 1 aromatic rings. The van der Waals surface area contributed by atoms with Gasteiger partial charge in [0.1, 0.15) is 11.3 Å². The van der Waals surface area contributed by atoms with Crippen LogP contribution in [0.15, 0.2) is 4.52 Å². The van der Waals surface area contributed by atoms with Crippen LogP contribution in [0.2, 0.25) is 0 Å². The first-order chi connectivity index (χ1) is 10.0. The number of rotatable bonds is 4. The molecule has 1 unspecified atom stereocenters. The Morgan fingerprint density at radius 1 is 1.45 bits per heavy atom. The molecule has 8 heteroatoms. The number of likely N-dealkylation sites (tertiary alicyclic amines) is 1. The molecule has 1 aliphatic heterocycles. The monoisotopic (exact) mass is 330 g/mol. The van der Waals surface area contributed by atoms with E-state index in [1.165, 1.54) is 0 Å². The number of carbonyl (C=O) groups is 2. The van der Waals surface area contributed by atoms with Crippen molar-refractivity contribution in [2.45, 2.75) is 26.7 Å². The summed E-state index contributed by atoms with van der Waals surface area (Å²) < 4.78 is 5.04. The van der Waals surface area contributed by atoms with E-state index in [0.717, 1.165) is 12.8 Å². The van der Waals surface area contributed by atoms with Crippen LogP contribution in [0.3, 0.4) is 0 Å². The van der Waals surface area contributed by atoms with Crippen LogP contribution in [0, 0.1) is 19.8 Å². The number of nitrogens with two attached hydrogens (primary N) is 1. The Morgan fingerprint density at radius 3 is 2.77 bits per heavy atom. The van der Waals surface area contributed by atoms with Crippen molar-refractivity contribution in [3.05, 3.63) is 17.0 Å². The molecule has 2 heterocycles. The maximum atomic E-state index is 12.6. The van der Waals surface area contributed by atoms with E-state index in [2.05, 4.69) is 10.5 Å². The van der Waals surface area contributed by atoms with Crippen molar-refractivity contribution >= 4 is 24.2 Å². The lowest BCUT2D eigenvalue weighted by atomic mass is 9.96. The molecule has 0 spiro atoms. The van der Waals surface area contributed by atoms with Gasteiger partial charge in [-0.25, -0.2) is 0 Å². The summed E-state index contributed by atoms with van der Waals surface area (Å²) in [5.74, 6) is 0.209. The molecule has 22 heavy (non-hydrogen) atoms. The van der Waals surface area contributed by atoms with Crippen molar-refractivity contribution in [3.8, 4) is 0 Å². The van der Waals surface area contributed by atoms with Crippen LogP contribution in [-0.4, -0.2) is 48.0 Å². The van der Waals surface area contributed by atoms with Crippen LogP contribution in [-0.2, 0) is 4.79 Å². The Morgan fingerprint density at radius 2 is 2.18 bits per heavy atom. The van der Waals surface area contributed by atoms with E-state index in [1.807, 2.05) is 0 Å². The molecule has 0 saturated carbocycles. The van der Waals surface area contributed by atoms with Crippen molar-refractivity contribution in [1.29, 1.82) is 0 Å². The number of nitrogens with one attached hydrogen (secondary N) is 1. The topological polar surface area (TPSA) is 101 Å². The highest BCUT2D eigenvalue weighted by atomic mass is 35.5. The molecular weight excluding hydrogens is 308 g/mol. The molecule has 0 aromatic carbocycles. The summed E-state index contributed by atoms with van der Waals surface area (Å²) in [7, 11) is 0. The fourth-order valence-electron chi connectivity index (χ4n) is 2.66. The molecule has 2 rings (SSSR count). The Labute approximate surface area is 136 Å². The zero-order valence-corrected chi connectivity index (χ0v) is 13.7. The molecule has 3 N–H and O–H groups in total. The van der Waals surface area contributed by atoms with E-state index in [4.69, 9.17) is 10.3 Å². The van der Waals surface area contributed by atoms with Gasteiger partial charge in [-0.3, -0.25) is 9.59 Å². The van der Waals surface area contributed by atoms with Crippen molar-refractivity contribution in [2.24, 2.45) is 11.7 Å². The molecule has 7 nitrogen and oxygen atoms in total. The fourth-order valence-corrected chi connectivity index (χ4v) is 2.66. The standard InChI is InChI=1S/C14H22N4O3.ClH/c1-9-12(10(2)21-17-9)14(20)18-7-3-4-11(8-18)13(19)16-6-5-15;/h11H,3-8,15H2,1-2H3,(H,16,19);1H. The zero-order valence-electron chi connectivity index (χ0n) is 12.9. The third-order valence-electron chi connectivity index (χ3n) is 3.77. The Balaban J connectivity index is 0.00000242. The molecular formula is C14H23ClN4O3. The highest BCUT2D eigenvalue weighted by Gasteiger charge is 2.31. The normalized spacial score (nSPS) is 17.8. The van der Waals surface area contributed by atoms with E-state index in [0.29, 0.717) is 43.2 Å². The summed E-state index contributed by atoms with van der Waals surface area (Å²) in [6.45, 7) is 5.44. The highest BCUT2D eigenvalue weighted by molar-refractivity contribution is 5.96. The number of amides is 2.